The van der Waals surface area contributed by atoms with E-state index < -0.39 is 0 Å². The molecule has 1 fully saturated rings. The van der Waals surface area contributed by atoms with Gasteiger partial charge < -0.3 is 15.0 Å². The zero-order valence-electron chi connectivity index (χ0n) is 8.34. The number of rotatable bonds is 5. The van der Waals surface area contributed by atoms with E-state index in [4.69, 9.17) is 4.74 Å². The Labute approximate surface area is 75.1 Å². The molecule has 3 heteroatoms. The minimum absolute atomic E-state index is 0.639. The zero-order chi connectivity index (χ0) is 8.97. The molecule has 1 unspecified atom stereocenters. The highest BCUT2D eigenvalue weighted by Crippen LogP contribution is 2.05. The van der Waals surface area contributed by atoms with Crippen LogP contribution in [-0.4, -0.2) is 51.3 Å². The Bertz CT molecular complexity index is 126. The van der Waals surface area contributed by atoms with Gasteiger partial charge in [-0.05, 0) is 13.0 Å². The van der Waals surface area contributed by atoms with Gasteiger partial charge in [0.05, 0.1) is 0 Å². The van der Waals surface area contributed by atoms with E-state index in [-0.39, 0.29) is 0 Å². The van der Waals surface area contributed by atoms with E-state index in [0.717, 1.165) is 32.3 Å². The molecule has 0 aromatic carbocycles. The van der Waals surface area contributed by atoms with Crippen molar-refractivity contribution in [3.05, 3.63) is 0 Å². The molecule has 1 atom stereocenters. The van der Waals surface area contributed by atoms with Crippen LogP contribution in [0.1, 0.15) is 6.92 Å². The number of nitrogens with one attached hydrogen (secondary N) is 1. The highest BCUT2D eigenvalue weighted by Gasteiger charge is 2.22. The largest absolute Gasteiger partial charge is 0.384 e. The van der Waals surface area contributed by atoms with Crippen LogP contribution in [0.5, 0.6) is 0 Å². The molecular weight excluding hydrogens is 152 g/mol. The fourth-order valence-electron chi connectivity index (χ4n) is 1.56. The first kappa shape index (κ1) is 9.96. The lowest BCUT2D eigenvalue weighted by Crippen LogP contribution is -2.56. The molecule has 1 heterocycles. The Kier molecular flexibility index (Phi) is 3.98. The van der Waals surface area contributed by atoms with Crippen molar-refractivity contribution < 1.29 is 4.74 Å². The Morgan fingerprint density at radius 1 is 1.58 bits per heavy atom. The number of likely N-dealkylation sites (N-methyl/N-ethyl adjacent to an activating group) is 1. The Morgan fingerprint density at radius 3 is 2.67 bits per heavy atom. The van der Waals surface area contributed by atoms with Gasteiger partial charge in [-0.3, -0.25) is 0 Å². The number of methoxy groups -OCH3 is 1. The van der Waals surface area contributed by atoms with Crippen LogP contribution < -0.4 is 5.32 Å². The molecule has 0 aliphatic carbocycles. The van der Waals surface area contributed by atoms with Gasteiger partial charge in [0.2, 0.25) is 0 Å². The Morgan fingerprint density at radius 2 is 2.25 bits per heavy atom. The maximum atomic E-state index is 5.09. The lowest BCUT2D eigenvalue weighted by Gasteiger charge is -2.36. The first-order valence-electron chi connectivity index (χ1n) is 4.64. The topological polar surface area (TPSA) is 24.5 Å². The molecule has 1 saturated heterocycles. The number of hydrogen-bond donors (Lipinski definition) is 1. The zero-order valence-corrected chi connectivity index (χ0v) is 8.34. The first-order chi connectivity index (χ1) is 5.74. The van der Waals surface area contributed by atoms with Gasteiger partial charge in [0, 0.05) is 39.4 Å². The van der Waals surface area contributed by atoms with Crippen molar-refractivity contribution in [1.29, 1.82) is 0 Å². The third-order valence-corrected chi connectivity index (χ3v) is 2.43. The summed E-state index contributed by atoms with van der Waals surface area (Å²) in [6.07, 6.45) is 0. The average Bonchev–Trinajstić information content (AvgIpc) is 1.82. The molecule has 12 heavy (non-hydrogen) atoms. The minimum atomic E-state index is 0.639. The summed E-state index contributed by atoms with van der Waals surface area (Å²) in [6.45, 7) is 6.53. The molecule has 0 spiro atoms. The second-order valence-corrected chi connectivity index (χ2v) is 3.81. The molecule has 0 radical (unpaired) electrons. The smallest absolute Gasteiger partial charge is 0.0500 e. The SMILES string of the molecule is COCC(C)CN(C)C1CNC1. The summed E-state index contributed by atoms with van der Waals surface area (Å²) in [5.41, 5.74) is 0. The highest BCUT2D eigenvalue weighted by atomic mass is 16.5. The summed E-state index contributed by atoms with van der Waals surface area (Å²) in [5.74, 6) is 0.639. The van der Waals surface area contributed by atoms with E-state index in [1.807, 2.05) is 0 Å². The Balaban J connectivity index is 2.11. The highest BCUT2D eigenvalue weighted by molar-refractivity contribution is 4.83. The molecule has 0 saturated carbocycles. The average molecular weight is 172 g/mol. The lowest BCUT2D eigenvalue weighted by molar-refractivity contribution is 0.108. The summed E-state index contributed by atoms with van der Waals surface area (Å²) >= 11 is 0. The van der Waals surface area contributed by atoms with E-state index >= 15 is 0 Å². The van der Waals surface area contributed by atoms with Crippen LogP contribution in [0, 0.1) is 5.92 Å². The minimum Gasteiger partial charge on any atom is -0.384 e. The standard InChI is InChI=1S/C9H20N2O/c1-8(7-12-3)6-11(2)9-4-10-5-9/h8-10H,4-7H2,1-3H3. The predicted molar refractivity (Wildman–Crippen MR) is 50.3 cm³/mol. The molecule has 1 rings (SSSR count). The predicted octanol–water partition coefficient (Wildman–Crippen LogP) is 0.173. The van der Waals surface area contributed by atoms with Gasteiger partial charge in [-0.2, -0.15) is 0 Å². The van der Waals surface area contributed by atoms with E-state index in [2.05, 4.69) is 24.2 Å². The van der Waals surface area contributed by atoms with Gasteiger partial charge in [-0.25, -0.2) is 0 Å². The molecule has 0 amide bonds. The van der Waals surface area contributed by atoms with Crippen LogP contribution in [0.3, 0.4) is 0 Å². The number of ether oxygens (including phenoxy) is 1. The summed E-state index contributed by atoms with van der Waals surface area (Å²) in [7, 11) is 3.96. The van der Waals surface area contributed by atoms with Gasteiger partial charge in [0.25, 0.3) is 0 Å². The quantitative estimate of drug-likeness (QED) is 0.640. The summed E-state index contributed by atoms with van der Waals surface area (Å²) < 4.78 is 5.09. The maximum Gasteiger partial charge on any atom is 0.0500 e. The van der Waals surface area contributed by atoms with Crippen LogP contribution in [0.2, 0.25) is 0 Å². The summed E-state index contributed by atoms with van der Waals surface area (Å²) in [5, 5.41) is 3.27. The lowest BCUT2D eigenvalue weighted by atomic mass is 10.1. The summed E-state index contributed by atoms with van der Waals surface area (Å²) in [4.78, 5) is 2.42. The van der Waals surface area contributed by atoms with E-state index in [1.54, 1.807) is 7.11 Å². The maximum absolute atomic E-state index is 5.09. The second kappa shape index (κ2) is 4.80. The molecule has 3 nitrogen and oxygen atoms in total. The normalized spacial score (nSPS) is 21.0. The molecule has 72 valence electrons. The van der Waals surface area contributed by atoms with E-state index in [0.29, 0.717) is 5.92 Å². The van der Waals surface area contributed by atoms with Gasteiger partial charge in [-0.15, -0.1) is 0 Å². The third kappa shape index (κ3) is 2.73. The monoisotopic (exact) mass is 172 g/mol. The van der Waals surface area contributed by atoms with Gasteiger partial charge in [-0.1, -0.05) is 6.92 Å². The number of hydrogen-bond acceptors (Lipinski definition) is 3. The fourth-order valence-corrected chi connectivity index (χ4v) is 1.56. The van der Waals surface area contributed by atoms with Crippen molar-refractivity contribution in [3.63, 3.8) is 0 Å². The van der Waals surface area contributed by atoms with Crippen molar-refractivity contribution in [1.82, 2.24) is 10.2 Å². The summed E-state index contributed by atoms with van der Waals surface area (Å²) in [6, 6.07) is 0.754. The molecule has 1 N–H and O–H groups in total. The molecule has 1 aliphatic heterocycles. The molecular formula is C9H20N2O. The second-order valence-electron chi connectivity index (χ2n) is 3.81. The molecule has 1 aliphatic rings. The van der Waals surface area contributed by atoms with Crippen LogP contribution in [0.25, 0.3) is 0 Å². The van der Waals surface area contributed by atoms with Crippen molar-refractivity contribution >= 4 is 0 Å². The third-order valence-electron chi connectivity index (χ3n) is 2.43. The number of nitrogens with zero attached hydrogens (tertiary/aromatic N) is 1. The molecule has 0 aromatic rings. The van der Waals surface area contributed by atoms with Crippen molar-refractivity contribution in [3.8, 4) is 0 Å². The molecule has 0 bridgehead atoms. The molecule has 0 aromatic heterocycles. The van der Waals surface area contributed by atoms with Crippen molar-refractivity contribution in [2.45, 2.75) is 13.0 Å². The van der Waals surface area contributed by atoms with Gasteiger partial charge >= 0.3 is 0 Å². The van der Waals surface area contributed by atoms with Gasteiger partial charge in [0.15, 0.2) is 0 Å². The van der Waals surface area contributed by atoms with Crippen LogP contribution in [0.4, 0.5) is 0 Å². The van der Waals surface area contributed by atoms with Crippen molar-refractivity contribution in [2.75, 3.05) is 40.4 Å². The first-order valence-corrected chi connectivity index (χ1v) is 4.64. The van der Waals surface area contributed by atoms with E-state index in [9.17, 15) is 0 Å². The van der Waals surface area contributed by atoms with Crippen LogP contribution >= 0.6 is 0 Å². The fraction of sp³-hybridized carbons (Fsp3) is 1.00. The van der Waals surface area contributed by atoms with E-state index in [1.165, 1.54) is 0 Å². The van der Waals surface area contributed by atoms with Crippen LogP contribution in [0.15, 0.2) is 0 Å². The van der Waals surface area contributed by atoms with Crippen molar-refractivity contribution in [2.24, 2.45) is 5.92 Å². The Hall–Kier alpha value is -0.120. The van der Waals surface area contributed by atoms with Crippen LogP contribution in [-0.2, 0) is 4.74 Å². The van der Waals surface area contributed by atoms with Gasteiger partial charge in [0.1, 0.15) is 0 Å².